The topological polar surface area (TPSA) is 53.3 Å². The first-order valence-corrected chi connectivity index (χ1v) is 4.46. The largest absolute Gasteiger partial charge is 0.381 e. The van der Waals surface area contributed by atoms with Crippen LogP contribution >= 0.6 is 0 Å². The van der Waals surface area contributed by atoms with Gasteiger partial charge in [-0.2, -0.15) is 5.26 Å². The van der Waals surface area contributed by atoms with Gasteiger partial charge in [0, 0.05) is 26.3 Å². The van der Waals surface area contributed by atoms with Gasteiger partial charge < -0.3 is 9.64 Å². The average Bonchev–Trinajstić information content (AvgIpc) is 2.18. The molecule has 0 aromatic carbocycles. The third-order valence-corrected chi connectivity index (χ3v) is 2.36. The lowest BCUT2D eigenvalue weighted by molar-refractivity contribution is -0.132. The lowest BCUT2D eigenvalue weighted by atomic mass is 10.1. The summed E-state index contributed by atoms with van der Waals surface area (Å²) < 4.78 is 5.19. The van der Waals surface area contributed by atoms with E-state index in [0.717, 1.165) is 26.1 Å². The summed E-state index contributed by atoms with van der Waals surface area (Å²) in [7, 11) is 1.76. The minimum atomic E-state index is -0.0885. The van der Waals surface area contributed by atoms with E-state index in [0.29, 0.717) is 0 Å². The van der Waals surface area contributed by atoms with E-state index in [1.54, 1.807) is 11.9 Å². The first kappa shape index (κ1) is 10.0. The van der Waals surface area contributed by atoms with Gasteiger partial charge in [-0.3, -0.25) is 4.79 Å². The van der Waals surface area contributed by atoms with Gasteiger partial charge in [0.2, 0.25) is 5.91 Å². The highest BCUT2D eigenvalue weighted by molar-refractivity contribution is 5.78. The van der Waals surface area contributed by atoms with Gasteiger partial charge in [-0.05, 0) is 12.8 Å². The molecule has 0 aromatic rings. The number of hydrogen-bond donors (Lipinski definition) is 0. The zero-order valence-electron chi connectivity index (χ0n) is 7.82. The second-order valence-electron chi connectivity index (χ2n) is 3.18. The summed E-state index contributed by atoms with van der Waals surface area (Å²) in [6.07, 6.45) is 1.75. The van der Waals surface area contributed by atoms with Gasteiger partial charge in [0.25, 0.3) is 0 Å². The Hall–Kier alpha value is -1.08. The molecule has 0 aliphatic carbocycles. The van der Waals surface area contributed by atoms with Crippen LogP contribution < -0.4 is 0 Å². The highest BCUT2D eigenvalue weighted by atomic mass is 16.5. The number of amides is 1. The molecule has 4 nitrogen and oxygen atoms in total. The Labute approximate surface area is 78.1 Å². The first-order chi connectivity index (χ1) is 6.25. The molecular weight excluding hydrogens is 168 g/mol. The van der Waals surface area contributed by atoms with Crippen LogP contribution in [0.25, 0.3) is 0 Å². The molecule has 72 valence electrons. The monoisotopic (exact) mass is 182 g/mol. The Kier molecular flexibility index (Phi) is 3.71. The summed E-state index contributed by atoms with van der Waals surface area (Å²) >= 11 is 0. The fourth-order valence-electron chi connectivity index (χ4n) is 1.47. The van der Waals surface area contributed by atoms with Crippen LogP contribution in [0, 0.1) is 11.3 Å². The number of nitriles is 1. The van der Waals surface area contributed by atoms with Crippen LogP contribution in [0.3, 0.4) is 0 Å². The van der Waals surface area contributed by atoms with E-state index in [-0.39, 0.29) is 18.4 Å². The SMILES string of the molecule is CN(C(=O)CC#N)C1CCOCC1. The molecule has 0 N–H and O–H groups in total. The van der Waals surface area contributed by atoms with Crippen LogP contribution in [0.1, 0.15) is 19.3 Å². The van der Waals surface area contributed by atoms with E-state index in [1.807, 2.05) is 6.07 Å². The standard InChI is InChI=1S/C9H14N2O2/c1-11(9(12)2-5-10)8-3-6-13-7-4-8/h8H,2-4,6-7H2,1H3. The van der Waals surface area contributed by atoms with Crippen LogP contribution in [-0.4, -0.2) is 37.1 Å². The Morgan fingerprint density at radius 1 is 1.62 bits per heavy atom. The Balaban J connectivity index is 2.41. The summed E-state index contributed by atoms with van der Waals surface area (Å²) in [6.45, 7) is 1.43. The Morgan fingerprint density at radius 3 is 2.77 bits per heavy atom. The molecule has 1 amide bonds. The second kappa shape index (κ2) is 4.83. The van der Waals surface area contributed by atoms with Crippen LogP contribution in [-0.2, 0) is 9.53 Å². The number of rotatable bonds is 2. The molecule has 1 fully saturated rings. The summed E-state index contributed by atoms with van der Waals surface area (Å²) in [6, 6.07) is 2.12. The van der Waals surface area contributed by atoms with Crippen molar-refractivity contribution in [1.82, 2.24) is 4.90 Å². The maximum Gasteiger partial charge on any atom is 0.236 e. The minimum absolute atomic E-state index is 0.0200. The van der Waals surface area contributed by atoms with Crippen LogP contribution in [0.4, 0.5) is 0 Å². The van der Waals surface area contributed by atoms with Gasteiger partial charge in [0.15, 0.2) is 0 Å². The van der Waals surface area contributed by atoms with Crippen molar-refractivity contribution in [3.8, 4) is 6.07 Å². The second-order valence-corrected chi connectivity index (χ2v) is 3.18. The van der Waals surface area contributed by atoms with Crippen molar-refractivity contribution in [3.63, 3.8) is 0 Å². The van der Waals surface area contributed by atoms with Crippen molar-refractivity contribution < 1.29 is 9.53 Å². The van der Waals surface area contributed by atoms with Crippen molar-refractivity contribution in [2.45, 2.75) is 25.3 Å². The van der Waals surface area contributed by atoms with Crippen molar-refractivity contribution in [2.75, 3.05) is 20.3 Å². The van der Waals surface area contributed by atoms with Crippen molar-refractivity contribution in [1.29, 1.82) is 5.26 Å². The molecule has 0 spiro atoms. The van der Waals surface area contributed by atoms with Crippen LogP contribution in [0.15, 0.2) is 0 Å². The number of carbonyl (C=O) groups is 1. The quantitative estimate of drug-likeness (QED) is 0.626. The summed E-state index contributed by atoms with van der Waals surface area (Å²) in [5.41, 5.74) is 0. The smallest absolute Gasteiger partial charge is 0.236 e. The van der Waals surface area contributed by atoms with Crippen molar-refractivity contribution >= 4 is 5.91 Å². The maximum absolute atomic E-state index is 11.3. The van der Waals surface area contributed by atoms with Crippen molar-refractivity contribution in [3.05, 3.63) is 0 Å². The molecule has 1 saturated heterocycles. The fourth-order valence-corrected chi connectivity index (χ4v) is 1.47. The molecule has 1 rings (SSSR count). The highest BCUT2D eigenvalue weighted by Gasteiger charge is 2.21. The lowest BCUT2D eigenvalue weighted by Gasteiger charge is -2.30. The number of nitrogens with zero attached hydrogens (tertiary/aromatic N) is 2. The normalized spacial score (nSPS) is 17.8. The van der Waals surface area contributed by atoms with Crippen LogP contribution in [0.5, 0.6) is 0 Å². The molecule has 0 saturated carbocycles. The minimum Gasteiger partial charge on any atom is -0.381 e. The lowest BCUT2D eigenvalue weighted by Crippen LogP contribution is -2.40. The molecule has 1 heterocycles. The maximum atomic E-state index is 11.3. The molecule has 1 aliphatic heterocycles. The summed E-state index contributed by atoms with van der Waals surface area (Å²) in [5.74, 6) is -0.0885. The molecular formula is C9H14N2O2. The average molecular weight is 182 g/mol. The number of carbonyl (C=O) groups excluding carboxylic acids is 1. The summed E-state index contributed by atoms with van der Waals surface area (Å²) in [5, 5.41) is 8.36. The third-order valence-electron chi connectivity index (χ3n) is 2.36. The number of ether oxygens (including phenoxy) is 1. The zero-order valence-corrected chi connectivity index (χ0v) is 7.82. The van der Waals surface area contributed by atoms with E-state index in [2.05, 4.69) is 0 Å². The third kappa shape index (κ3) is 2.71. The van der Waals surface area contributed by atoms with E-state index in [1.165, 1.54) is 0 Å². The Bertz CT molecular complexity index is 216. The van der Waals surface area contributed by atoms with E-state index in [4.69, 9.17) is 10.00 Å². The van der Waals surface area contributed by atoms with Crippen molar-refractivity contribution in [2.24, 2.45) is 0 Å². The van der Waals surface area contributed by atoms with Gasteiger partial charge in [0.1, 0.15) is 6.42 Å². The van der Waals surface area contributed by atoms with Crippen LogP contribution in [0.2, 0.25) is 0 Å². The molecule has 13 heavy (non-hydrogen) atoms. The van der Waals surface area contributed by atoms with E-state index >= 15 is 0 Å². The van der Waals surface area contributed by atoms with E-state index in [9.17, 15) is 4.79 Å². The molecule has 0 atom stereocenters. The predicted octanol–water partition coefficient (Wildman–Crippen LogP) is 0.537. The van der Waals surface area contributed by atoms with E-state index < -0.39 is 0 Å². The highest BCUT2D eigenvalue weighted by Crippen LogP contribution is 2.13. The molecule has 0 bridgehead atoms. The van der Waals surface area contributed by atoms with Gasteiger partial charge >= 0.3 is 0 Å². The molecule has 0 radical (unpaired) electrons. The fraction of sp³-hybridized carbons (Fsp3) is 0.778. The summed E-state index contributed by atoms with van der Waals surface area (Å²) in [4.78, 5) is 13.0. The van der Waals surface area contributed by atoms with Gasteiger partial charge in [-0.25, -0.2) is 0 Å². The van der Waals surface area contributed by atoms with Gasteiger partial charge in [-0.15, -0.1) is 0 Å². The number of hydrogen-bond acceptors (Lipinski definition) is 3. The van der Waals surface area contributed by atoms with Gasteiger partial charge in [-0.1, -0.05) is 0 Å². The zero-order chi connectivity index (χ0) is 9.68. The van der Waals surface area contributed by atoms with Gasteiger partial charge in [0.05, 0.1) is 6.07 Å². The molecule has 1 aliphatic rings. The Morgan fingerprint density at radius 2 is 2.23 bits per heavy atom. The molecule has 0 unspecified atom stereocenters. The predicted molar refractivity (Wildman–Crippen MR) is 46.8 cm³/mol. The first-order valence-electron chi connectivity index (χ1n) is 4.46. The molecule has 0 aromatic heterocycles. The molecule has 4 heteroatoms.